The van der Waals surface area contributed by atoms with Crippen molar-refractivity contribution in [2.45, 2.75) is 19.1 Å². The standard InChI is InChI=1S/C13H15NO3/c15-13(16)12-7-9-3-4-10(8-11(9)17-12)14-5-1-2-6-14/h3-4,7-8,13,15-16H,1-2,5-6H2. The van der Waals surface area contributed by atoms with Gasteiger partial charge in [0, 0.05) is 30.2 Å². The number of fused-ring (bicyclic) bond motifs is 1. The van der Waals surface area contributed by atoms with Crippen LogP contribution in [-0.4, -0.2) is 23.3 Å². The van der Waals surface area contributed by atoms with Gasteiger partial charge < -0.3 is 19.5 Å². The number of anilines is 1. The molecule has 1 fully saturated rings. The fraction of sp³-hybridized carbons (Fsp3) is 0.385. The third-order valence-corrected chi connectivity index (χ3v) is 3.25. The molecule has 0 unspecified atom stereocenters. The summed E-state index contributed by atoms with van der Waals surface area (Å²) in [6.07, 6.45) is 0.922. The van der Waals surface area contributed by atoms with Crippen LogP contribution in [-0.2, 0) is 0 Å². The monoisotopic (exact) mass is 233 g/mol. The molecule has 0 amide bonds. The molecule has 0 spiro atoms. The normalized spacial score (nSPS) is 16.3. The van der Waals surface area contributed by atoms with E-state index in [4.69, 9.17) is 14.6 Å². The van der Waals surface area contributed by atoms with Gasteiger partial charge in [-0.3, -0.25) is 0 Å². The average molecular weight is 233 g/mol. The van der Waals surface area contributed by atoms with Crippen molar-refractivity contribution < 1.29 is 14.6 Å². The van der Waals surface area contributed by atoms with E-state index < -0.39 is 6.29 Å². The van der Waals surface area contributed by atoms with Gasteiger partial charge in [-0.2, -0.15) is 0 Å². The number of aliphatic hydroxyl groups is 2. The zero-order valence-electron chi connectivity index (χ0n) is 9.47. The van der Waals surface area contributed by atoms with Crippen molar-refractivity contribution in [1.82, 2.24) is 0 Å². The van der Waals surface area contributed by atoms with E-state index in [-0.39, 0.29) is 5.76 Å². The quantitative estimate of drug-likeness (QED) is 0.779. The second kappa shape index (κ2) is 4.05. The first kappa shape index (κ1) is 10.6. The van der Waals surface area contributed by atoms with Crippen LogP contribution in [0.5, 0.6) is 0 Å². The minimum atomic E-state index is -1.54. The van der Waals surface area contributed by atoms with Crippen molar-refractivity contribution in [1.29, 1.82) is 0 Å². The van der Waals surface area contributed by atoms with Crippen LogP contribution in [0.1, 0.15) is 24.9 Å². The zero-order chi connectivity index (χ0) is 11.8. The van der Waals surface area contributed by atoms with Gasteiger partial charge in [-0.05, 0) is 31.0 Å². The lowest BCUT2D eigenvalue weighted by Gasteiger charge is -2.16. The van der Waals surface area contributed by atoms with Crippen molar-refractivity contribution in [3.8, 4) is 0 Å². The Labute approximate surface area is 99.1 Å². The third-order valence-electron chi connectivity index (χ3n) is 3.25. The molecule has 90 valence electrons. The highest BCUT2D eigenvalue weighted by Gasteiger charge is 2.15. The van der Waals surface area contributed by atoms with E-state index >= 15 is 0 Å². The summed E-state index contributed by atoms with van der Waals surface area (Å²) in [4.78, 5) is 2.32. The lowest BCUT2D eigenvalue weighted by atomic mass is 10.2. The fourth-order valence-corrected chi connectivity index (χ4v) is 2.34. The lowest BCUT2D eigenvalue weighted by molar-refractivity contribution is -0.0571. The van der Waals surface area contributed by atoms with Crippen molar-refractivity contribution in [2.24, 2.45) is 0 Å². The van der Waals surface area contributed by atoms with E-state index in [9.17, 15) is 0 Å². The van der Waals surface area contributed by atoms with Crippen LogP contribution in [0.2, 0.25) is 0 Å². The summed E-state index contributed by atoms with van der Waals surface area (Å²) >= 11 is 0. The maximum absolute atomic E-state index is 9.06. The molecule has 3 rings (SSSR count). The van der Waals surface area contributed by atoms with Crippen LogP contribution in [0, 0.1) is 0 Å². The first-order valence-corrected chi connectivity index (χ1v) is 5.88. The highest BCUT2D eigenvalue weighted by atomic mass is 16.5. The van der Waals surface area contributed by atoms with Gasteiger partial charge in [0.1, 0.15) is 5.58 Å². The molecule has 1 saturated heterocycles. The molecule has 0 saturated carbocycles. The maximum Gasteiger partial charge on any atom is 0.212 e. The minimum absolute atomic E-state index is 0.193. The Bertz CT molecular complexity index is 526. The van der Waals surface area contributed by atoms with E-state index in [2.05, 4.69) is 11.0 Å². The molecule has 17 heavy (non-hydrogen) atoms. The maximum atomic E-state index is 9.06. The molecule has 2 N–H and O–H groups in total. The van der Waals surface area contributed by atoms with E-state index in [1.54, 1.807) is 6.07 Å². The average Bonchev–Trinajstić information content (AvgIpc) is 2.97. The molecule has 2 heterocycles. The second-order valence-electron chi connectivity index (χ2n) is 4.44. The summed E-state index contributed by atoms with van der Waals surface area (Å²) in [5.41, 5.74) is 1.85. The van der Waals surface area contributed by atoms with E-state index in [0.717, 1.165) is 24.2 Å². The summed E-state index contributed by atoms with van der Waals surface area (Å²) in [5.74, 6) is 0.193. The van der Waals surface area contributed by atoms with Gasteiger partial charge in [0.15, 0.2) is 5.76 Å². The topological polar surface area (TPSA) is 56.8 Å². The van der Waals surface area contributed by atoms with Gasteiger partial charge in [0.25, 0.3) is 0 Å². The molecule has 1 aromatic carbocycles. The van der Waals surface area contributed by atoms with Crippen LogP contribution in [0.4, 0.5) is 5.69 Å². The van der Waals surface area contributed by atoms with Crippen LogP contribution >= 0.6 is 0 Å². The number of furan rings is 1. The van der Waals surface area contributed by atoms with Gasteiger partial charge in [-0.1, -0.05) is 0 Å². The van der Waals surface area contributed by atoms with Gasteiger partial charge in [0.05, 0.1) is 0 Å². The predicted octanol–water partition coefficient (Wildman–Crippen LogP) is 2.02. The van der Waals surface area contributed by atoms with Crippen LogP contribution in [0.25, 0.3) is 11.0 Å². The highest BCUT2D eigenvalue weighted by molar-refractivity contribution is 5.82. The number of benzene rings is 1. The number of aliphatic hydroxyl groups excluding tert-OH is 1. The van der Waals surface area contributed by atoms with Gasteiger partial charge in [0.2, 0.25) is 6.29 Å². The molecule has 4 nitrogen and oxygen atoms in total. The number of hydrogen-bond acceptors (Lipinski definition) is 4. The van der Waals surface area contributed by atoms with Gasteiger partial charge in [-0.25, -0.2) is 0 Å². The number of nitrogens with zero attached hydrogens (tertiary/aromatic N) is 1. The first-order chi connectivity index (χ1) is 8.24. The molecule has 4 heteroatoms. The summed E-state index contributed by atoms with van der Waals surface area (Å²) < 4.78 is 5.40. The molecular weight excluding hydrogens is 218 g/mol. The molecule has 0 bridgehead atoms. The Morgan fingerprint density at radius 3 is 2.59 bits per heavy atom. The smallest absolute Gasteiger partial charge is 0.212 e. The first-order valence-electron chi connectivity index (χ1n) is 5.88. The predicted molar refractivity (Wildman–Crippen MR) is 64.8 cm³/mol. The Morgan fingerprint density at radius 1 is 1.12 bits per heavy atom. The number of hydrogen-bond donors (Lipinski definition) is 2. The summed E-state index contributed by atoms with van der Waals surface area (Å²) in [6.45, 7) is 2.17. The minimum Gasteiger partial charge on any atom is -0.456 e. The van der Waals surface area contributed by atoms with E-state index in [1.165, 1.54) is 12.8 Å². The van der Waals surface area contributed by atoms with Crippen molar-refractivity contribution in [3.05, 3.63) is 30.0 Å². The molecular formula is C13H15NO3. The Morgan fingerprint density at radius 2 is 1.88 bits per heavy atom. The Hall–Kier alpha value is -1.52. The van der Waals surface area contributed by atoms with Crippen molar-refractivity contribution >= 4 is 16.7 Å². The third kappa shape index (κ3) is 1.90. The number of rotatable bonds is 2. The van der Waals surface area contributed by atoms with Crippen LogP contribution < -0.4 is 4.90 Å². The summed E-state index contributed by atoms with van der Waals surface area (Å²) in [6, 6.07) is 7.63. The van der Waals surface area contributed by atoms with E-state index in [1.807, 2.05) is 12.1 Å². The van der Waals surface area contributed by atoms with Crippen LogP contribution in [0.15, 0.2) is 28.7 Å². The molecule has 0 aliphatic carbocycles. The molecule has 1 aliphatic rings. The second-order valence-corrected chi connectivity index (χ2v) is 4.44. The van der Waals surface area contributed by atoms with Crippen molar-refractivity contribution in [3.63, 3.8) is 0 Å². The van der Waals surface area contributed by atoms with Crippen molar-refractivity contribution in [2.75, 3.05) is 18.0 Å². The molecule has 1 aliphatic heterocycles. The van der Waals surface area contributed by atoms with E-state index in [0.29, 0.717) is 5.58 Å². The van der Waals surface area contributed by atoms with Gasteiger partial charge in [-0.15, -0.1) is 0 Å². The molecule has 0 radical (unpaired) electrons. The van der Waals surface area contributed by atoms with Crippen LogP contribution in [0.3, 0.4) is 0 Å². The lowest BCUT2D eigenvalue weighted by Crippen LogP contribution is -2.17. The SMILES string of the molecule is OC(O)c1cc2ccc(N3CCCC3)cc2o1. The molecule has 0 atom stereocenters. The van der Waals surface area contributed by atoms with Gasteiger partial charge >= 0.3 is 0 Å². The molecule has 2 aromatic rings. The Kier molecular flexibility index (Phi) is 2.53. The highest BCUT2D eigenvalue weighted by Crippen LogP contribution is 2.28. The fourth-order valence-electron chi connectivity index (χ4n) is 2.34. The Balaban J connectivity index is 2.00. The largest absolute Gasteiger partial charge is 0.456 e. The zero-order valence-corrected chi connectivity index (χ0v) is 9.47. The molecule has 1 aromatic heterocycles. The summed E-state index contributed by atoms with van der Waals surface area (Å²) in [7, 11) is 0. The summed E-state index contributed by atoms with van der Waals surface area (Å²) in [5, 5.41) is 19.0.